The van der Waals surface area contributed by atoms with Crippen molar-refractivity contribution in [1.29, 1.82) is 0 Å². The van der Waals surface area contributed by atoms with E-state index in [9.17, 15) is 13.2 Å². The Morgan fingerprint density at radius 2 is 2.00 bits per heavy atom. The summed E-state index contributed by atoms with van der Waals surface area (Å²) >= 11 is 6.01. The van der Waals surface area contributed by atoms with E-state index >= 15 is 0 Å². The van der Waals surface area contributed by atoms with E-state index < -0.39 is 16.1 Å². The highest BCUT2D eigenvalue weighted by atomic mass is 35.5. The van der Waals surface area contributed by atoms with Gasteiger partial charge < -0.3 is 10.1 Å². The van der Waals surface area contributed by atoms with Crippen molar-refractivity contribution in [3.05, 3.63) is 28.8 Å². The lowest BCUT2D eigenvalue weighted by Gasteiger charge is -2.31. The van der Waals surface area contributed by atoms with Crippen LogP contribution in [-0.4, -0.2) is 45.1 Å². The maximum atomic E-state index is 12.6. The number of hydrogen-bond donors (Lipinski definition) is 1. The normalized spacial score (nSPS) is 17.2. The number of amides is 1. The molecule has 6 nitrogen and oxygen atoms in total. The zero-order valence-electron chi connectivity index (χ0n) is 12.5. The molecule has 0 bridgehead atoms. The largest absolute Gasteiger partial charge is 0.453 e. The molecule has 0 radical (unpaired) electrons. The first-order chi connectivity index (χ1) is 10.3. The van der Waals surface area contributed by atoms with Gasteiger partial charge in [-0.3, -0.25) is 0 Å². The van der Waals surface area contributed by atoms with Crippen molar-refractivity contribution >= 4 is 27.7 Å². The minimum Gasteiger partial charge on any atom is -0.453 e. The summed E-state index contributed by atoms with van der Waals surface area (Å²) in [6.07, 6.45) is 0.605. The molecule has 1 heterocycles. The molecule has 1 aliphatic heterocycles. The molecule has 0 atom stereocenters. The number of methoxy groups -OCH3 is 1. The lowest BCUT2D eigenvalue weighted by atomic mass is 10.1. The van der Waals surface area contributed by atoms with Crippen LogP contribution in [0.15, 0.2) is 23.1 Å². The lowest BCUT2D eigenvalue weighted by Crippen LogP contribution is -2.46. The molecule has 8 heteroatoms. The number of piperidine rings is 1. The molecule has 0 saturated carbocycles. The van der Waals surface area contributed by atoms with Crippen molar-refractivity contribution < 1.29 is 17.9 Å². The van der Waals surface area contributed by atoms with Crippen molar-refractivity contribution in [2.75, 3.05) is 20.2 Å². The van der Waals surface area contributed by atoms with E-state index in [0.29, 0.717) is 31.0 Å². The molecule has 1 aromatic carbocycles. The van der Waals surface area contributed by atoms with Crippen LogP contribution in [0.4, 0.5) is 4.79 Å². The number of nitrogens with one attached hydrogen (secondary N) is 1. The number of ether oxygens (including phenoxy) is 1. The number of aryl methyl sites for hydroxylation is 1. The molecule has 1 amide bonds. The molecule has 22 heavy (non-hydrogen) atoms. The Balaban J connectivity index is 2.06. The molecule has 1 fully saturated rings. The predicted octanol–water partition coefficient (Wildman–Crippen LogP) is 2.16. The fourth-order valence-corrected chi connectivity index (χ4v) is 4.09. The second-order valence-corrected chi connectivity index (χ2v) is 7.57. The van der Waals surface area contributed by atoms with Crippen LogP contribution in [0, 0.1) is 6.92 Å². The van der Waals surface area contributed by atoms with Gasteiger partial charge in [0.2, 0.25) is 10.0 Å². The van der Waals surface area contributed by atoms with E-state index in [1.165, 1.54) is 17.5 Å². The van der Waals surface area contributed by atoms with E-state index in [1.807, 2.05) is 6.92 Å². The quantitative estimate of drug-likeness (QED) is 0.910. The highest BCUT2D eigenvalue weighted by Crippen LogP contribution is 2.25. The Bertz CT molecular complexity index is 655. The Labute approximate surface area is 135 Å². The zero-order chi connectivity index (χ0) is 16.3. The number of benzene rings is 1. The molecular formula is C14H19ClN2O4S. The Morgan fingerprint density at radius 1 is 1.36 bits per heavy atom. The maximum absolute atomic E-state index is 12.6. The Hall–Kier alpha value is -1.31. The summed E-state index contributed by atoms with van der Waals surface area (Å²) in [5, 5.41) is 3.13. The van der Waals surface area contributed by atoms with Crippen LogP contribution in [-0.2, 0) is 14.8 Å². The first kappa shape index (κ1) is 17.1. The topological polar surface area (TPSA) is 75.7 Å². The number of halogens is 1. The van der Waals surface area contributed by atoms with Crippen molar-refractivity contribution in [3.63, 3.8) is 0 Å². The highest BCUT2D eigenvalue weighted by Gasteiger charge is 2.30. The molecule has 0 aromatic heterocycles. The van der Waals surface area contributed by atoms with Crippen LogP contribution in [0.5, 0.6) is 0 Å². The standard InChI is InChI=1S/C14H19ClN2O4S/c1-10-3-4-12(9-13(10)15)22(19,20)17-7-5-11(6-8-17)16-14(18)21-2/h3-4,9,11H,5-8H2,1-2H3,(H,16,18). The van der Waals surface area contributed by atoms with Gasteiger partial charge in [0.1, 0.15) is 0 Å². The van der Waals surface area contributed by atoms with E-state index in [4.69, 9.17) is 11.6 Å². The van der Waals surface area contributed by atoms with Gasteiger partial charge in [0.15, 0.2) is 0 Å². The fourth-order valence-electron chi connectivity index (χ4n) is 2.35. The molecule has 0 aliphatic carbocycles. The van der Waals surface area contributed by atoms with Gasteiger partial charge >= 0.3 is 6.09 Å². The van der Waals surface area contributed by atoms with Crippen LogP contribution in [0.2, 0.25) is 5.02 Å². The maximum Gasteiger partial charge on any atom is 0.407 e. The summed E-state index contributed by atoms with van der Waals surface area (Å²) in [5.41, 5.74) is 0.835. The van der Waals surface area contributed by atoms with Crippen molar-refractivity contribution in [2.45, 2.75) is 30.7 Å². The number of carbonyl (C=O) groups excluding carboxylic acids is 1. The summed E-state index contributed by atoms with van der Waals surface area (Å²) in [7, 11) is -2.25. The SMILES string of the molecule is COC(=O)NC1CCN(S(=O)(=O)c2ccc(C)c(Cl)c2)CC1. The first-order valence-electron chi connectivity index (χ1n) is 6.95. The minimum absolute atomic E-state index is 0.0690. The number of hydrogen-bond acceptors (Lipinski definition) is 4. The van der Waals surface area contributed by atoms with Gasteiger partial charge in [-0.15, -0.1) is 0 Å². The predicted molar refractivity (Wildman–Crippen MR) is 83.5 cm³/mol. The Kier molecular flexibility index (Phi) is 5.31. The molecule has 2 rings (SSSR count). The third kappa shape index (κ3) is 3.71. The fraction of sp³-hybridized carbons (Fsp3) is 0.500. The smallest absolute Gasteiger partial charge is 0.407 e. The molecule has 122 valence electrons. The molecule has 0 unspecified atom stereocenters. The van der Waals surface area contributed by atoms with E-state index in [2.05, 4.69) is 10.1 Å². The molecular weight excluding hydrogens is 328 g/mol. The van der Waals surface area contributed by atoms with Crippen molar-refractivity contribution in [1.82, 2.24) is 9.62 Å². The van der Waals surface area contributed by atoms with Gasteiger partial charge in [-0.2, -0.15) is 4.31 Å². The first-order valence-corrected chi connectivity index (χ1v) is 8.77. The third-order valence-electron chi connectivity index (χ3n) is 3.74. The second-order valence-electron chi connectivity index (χ2n) is 5.23. The number of sulfonamides is 1. The summed E-state index contributed by atoms with van der Waals surface area (Å²) in [5.74, 6) is 0. The lowest BCUT2D eigenvalue weighted by molar-refractivity contribution is 0.161. The van der Waals surface area contributed by atoms with Gasteiger partial charge in [0.25, 0.3) is 0 Å². The number of carbonyl (C=O) groups is 1. The van der Waals surface area contributed by atoms with Gasteiger partial charge in [0, 0.05) is 24.2 Å². The number of rotatable bonds is 3. The number of nitrogens with zero attached hydrogens (tertiary/aromatic N) is 1. The van der Waals surface area contributed by atoms with Crippen LogP contribution < -0.4 is 5.32 Å². The molecule has 1 N–H and O–H groups in total. The summed E-state index contributed by atoms with van der Waals surface area (Å²) in [6, 6.07) is 4.67. The van der Waals surface area contributed by atoms with E-state index in [0.717, 1.165) is 5.56 Å². The Morgan fingerprint density at radius 3 is 2.55 bits per heavy atom. The summed E-state index contributed by atoms with van der Waals surface area (Å²) in [6.45, 7) is 2.52. The number of alkyl carbamates (subject to hydrolysis) is 1. The summed E-state index contributed by atoms with van der Waals surface area (Å²) in [4.78, 5) is 11.4. The highest BCUT2D eigenvalue weighted by molar-refractivity contribution is 7.89. The van der Waals surface area contributed by atoms with Gasteiger partial charge in [-0.1, -0.05) is 17.7 Å². The average Bonchev–Trinajstić information content (AvgIpc) is 2.50. The molecule has 1 aliphatic rings. The molecule has 0 spiro atoms. The monoisotopic (exact) mass is 346 g/mol. The third-order valence-corrected chi connectivity index (χ3v) is 6.04. The van der Waals surface area contributed by atoms with Crippen LogP contribution in [0.1, 0.15) is 18.4 Å². The minimum atomic E-state index is -3.55. The van der Waals surface area contributed by atoms with Gasteiger partial charge in [-0.05, 0) is 37.5 Å². The van der Waals surface area contributed by atoms with Gasteiger partial charge in [-0.25, -0.2) is 13.2 Å². The van der Waals surface area contributed by atoms with Crippen LogP contribution in [0.3, 0.4) is 0 Å². The summed E-state index contributed by atoms with van der Waals surface area (Å²) < 4.78 is 31.1. The van der Waals surface area contributed by atoms with Crippen LogP contribution in [0.25, 0.3) is 0 Å². The van der Waals surface area contributed by atoms with E-state index in [-0.39, 0.29) is 10.9 Å². The molecule has 1 saturated heterocycles. The van der Waals surface area contributed by atoms with Crippen LogP contribution >= 0.6 is 11.6 Å². The van der Waals surface area contributed by atoms with Crippen molar-refractivity contribution in [3.8, 4) is 0 Å². The van der Waals surface area contributed by atoms with Gasteiger partial charge in [0.05, 0.1) is 12.0 Å². The molecule has 1 aromatic rings. The second kappa shape index (κ2) is 6.85. The average molecular weight is 347 g/mol. The zero-order valence-corrected chi connectivity index (χ0v) is 14.1. The van der Waals surface area contributed by atoms with E-state index in [1.54, 1.807) is 12.1 Å². The van der Waals surface area contributed by atoms with Crippen molar-refractivity contribution in [2.24, 2.45) is 0 Å².